The molecule has 6 nitrogen and oxygen atoms in total. The van der Waals surface area contributed by atoms with Gasteiger partial charge in [0.1, 0.15) is 17.3 Å². The number of hydrogen-bond acceptors (Lipinski definition) is 4. The molecule has 2 aromatic carbocycles. The van der Waals surface area contributed by atoms with E-state index in [-0.39, 0.29) is 11.3 Å². The minimum absolute atomic E-state index is 0.0414. The molecule has 0 radical (unpaired) electrons. The second-order valence-electron chi connectivity index (χ2n) is 9.15. The molecule has 1 aliphatic heterocycles. The van der Waals surface area contributed by atoms with Crippen molar-refractivity contribution < 1.29 is 8.78 Å². The van der Waals surface area contributed by atoms with Gasteiger partial charge in [-0.1, -0.05) is 12.1 Å². The average molecular weight is 437 g/mol. The number of aryl methyl sites for hydroxylation is 1. The molecule has 0 spiro atoms. The summed E-state index contributed by atoms with van der Waals surface area (Å²) in [6.07, 6.45) is 1.97. The van der Waals surface area contributed by atoms with Gasteiger partial charge < -0.3 is 14.8 Å². The first-order chi connectivity index (χ1) is 15.2. The number of nitrogens with one attached hydrogen (secondary N) is 1. The zero-order valence-electron chi connectivity index (χ0n) is 18.9. The van der Waals surface area contributed by atoms with Gasteiger partial charge in [-0.2, -0.15) is 0 Å². The van der Waals surface area contributed by atoms with Crippen molar-refractivity contribution >= 4 is 16.6 Å². The van der Waals surface area contributed by atoms with Crippen LogP contribution in [0.25, 0.3) is 27.7 Å². The van der Waals surface area contributed by atoms with Gasteiger partial charge in [-0.05, 0) is 52.6 Å². The van der Waals surface area contributed by atoms with Crippen molar-refractivity contribution in [1.29, 1.82) is 0 Å². The number of hydrogen-bond donors (Lipinski definition) is 1. The van der Waals surface area contributed by atoms with E-state index in [1.165, 1.54) is 6.07 Å². The zero-order chi connectivity index (χ0) is 22.8. The van der Waals surface area contributed by atoms with Crippen molar-refractivity contribution in [1.82, 2.24) is 24.2 Å². The van der Waals surface area contributed by atoms with Gasteiger partial charge >= 0.3 is 0 Å². The molecule has 8 heteroatoms. The Kier molecular flexibility index (Phi) is 4.60. The van der Waals surface area contributed by atoms with Crippen molar-refractivity contribution in [3.8, 4) is 16.8 Å². The smallest absolute Gasteiger partial charge is 0.162 e. The van der Waals surface area contributed by atoms with E-state index in [1.54, 1.807) is 17.6 Å². The van der Waals surface area contributed by atoms with Crippen LogP contribution in [0.3, 0.4) is 0 Å². The van der Waals surface area contributed by atoms with Crippen molar-refractivity contribution in [2.45, 2.75) is 32.9 Å². The Balaban J connectivity index is 1.72. The molecule has 166 valence electrons. The topological polar surface area (TPSA) is 50.9 Å². The van der Waals surface area contributed by atoms with Crippen molar-refractivity contribution in [2.75, 3.05) is 26.0 Å². The first-order valence-corrected chi connectivity index (χ1v) is 10.6. The second kappa shape index (κ2) is 7.13. The first kappa shape index (κ1) is 20.6. The van der Waals surface area contributed by atoms with Crippen LogP contribution in [-0.2, 0) is 12.1 Å². The highest BCUT2D eigenvalue weighted by Gasteiger charge is 2.37. The Labute approximate surface area is 185 Å². The van der Waals surface area contributed by atoms with Crippen molar-refractivity contribution in [2.24, 2.45) is 0 Å². The maximum Gasteiger partial charge on any atom is 0.162 e. The summed E-state index contributed by atoms with van der Waals surface area (Å²) in [5.74, 6) is -0.0831. The number of aromatic nitrogens is 4. The Hall–Kier alpha value is -3.26. The third kappa shape index (κ3) is 3.01. The summed E-state index contributed by atoms with van der Waals surface area (Å²) in [5, 5.41) is 12.4. The summed E-state index contributed by atoms with van der Waals surface area (Å²) in [5.41, 5.74) is 1.46. The minimum atomic E-state index is -0.624. The third-order valence-corrected chi connectivity index (χ3v) is 6.12. The summed E-state index contributed by atoms with van der Waals surface area (Å²) in [6, 6.07) is 8.90. The van der Waals surface area contributed by atoms with Crippen molar-refractivity contribution in [3.63, 3.8) is 0 Å². The maximum atomic E-state index is 16.1. The molecule has 5 rings (SSSR count). The van der Waals surface area contributed by atoms with Gasteiger partial charge in [-0.25, -0.2) is 8.78 Å². The molecule has 3 heterocycles. The monoisotopic (exact) mass is 436 g/mol. The minimum Gasteiger partial charge on any atom is -0.371 e. The fourth-order valence-electron chi connectivity index (χ4n) is 4.54. The fraction of sp³-hybridized carbons (Fsp3) is 0.333. The Bertz CT molecular complexity index is 1350. The lowest BCUT2D eigenvalue weighted by molar-refractivity contribution is 0.387. The van der Waals surface area contributed by atoms with E-state index in [9.17, 15) is 0 Å². The Morgan fingerprint density at radius 3 is 2.66 bits per heavy atom. The van der Waals surface area contributed by atoms with E-state index >= 15 is 8.78 Å². The largest absolute Gasteiger partial charge is 0.371 e. The molecule has 0 saturated carbocycles. The standard InChI is InChI=1S/C24H26F2N6/c1-14-28-29-23-24(2,3)27-18-13-17(25)20(21(26)22(18)32(14)23)16-7-6-8-19-15(16)9-10-31(19)12-11-30(4)5/h6-10,13,27H,11-12H2,1-5H3. The van der Waals surface area contributed by atoms with E-state index in [0.29, 0.717) is 22.9 Å². The normalized spacial score (nSPS) is 14.5. The highest BCUT2D eigenvalue weighted by atomic mass is 19.1. The molecule has 2 aromatic heterocycles. The number of benzene rings is 2. The molecule has 4 aromatic rings. The molecule has 0 saturated heterocycles. The molecule has 1 aliphatic rings. The molecule has 0 atom stereocenters. The van der Waals surface area contributed by atoms with E-state index in [1.807, 2.05) is 52.3 Å². The van der Waals surface area contributed by atoms with E-state index < -0.39 is 17.2 Å². The molecule has 0 aliphatic carbocycles. The molecule has 1 N–H and O–H groups in total. The summed E-state index contributed by atoms with van der Waals surface area (Å²) >= 11 is 0. The Morgan fingerprint density at radius 2 is 1.91 bits per heavy atom. The fourth-order valence-corrected chi connectivity index (χ4v) is 4.54. The van der Waals surface area contributed by atoms with Crippen LogP contribution in [0.2, 0.25) is 0 Å². The SMILES string of the molecule is Cc1nnc2n1-c1c(cc(F)c(-c3cccc4c3ccn4CCN(C)C)c1F)NC2(C)C. The van der Waals surface area contributed by atoms with Crippen LogP contribution in [0.1, 0.15) is 25.5 Å². The number of nitrogens with zero attached hydrogens (tertiary/aromatic N) is 5. The predicted molar refractivity (Wildman–Crippen MR) is 122 cm³/mol. The number of rotatable bonds is 4. The van der Waals surface area contributed by atoms with Gasteiger partial charge in [0.2, 0.25) is 0 Å². The molecule has 0 unspecified atom stereocenters. The number of halogens is 2. The van der Waals surface area contributed by atoms with Crippen LogP contribution in [0.5, 0.6) is 0 Å². The summed E-state index contributed by atoms with van der Waals surface area (Å²) in [7, 11) is 4.04. The quantitative estimate of drug-likeness (QED) is 0.504. The van der Waals surface area contributed by atoms with E-state index in [0.717, 1.165) is 24.0 Å². The summed E-state index contributed by atoms with van der Waals surface area (Å²) in [6.45, 7) is 7.26. The third-order valence-electron chi connectivity index (χ3n) is 6.12. The van der Waals surface area contributed by atoms with Gasteiger partial charge in [0.05, 0.1) is 16.8 Å². The van der Waals surface area contributed by atoms with Gasteiger partial charge in [0.15, 0.2) is 11.6 Å². The zero-order valence-corrected chi connectivity index (χ0v) is 18.9. The number of fused-ring (bicyclic) bond motifs is 4. The van der Waals surface area contributed by atoms with Gasteiger partial charge in [-0.3, -0.25) is 4.57 Å². The molecule has 0 amide bonds. The molecule has 0 fully saturated rings. The van der Waals surface area contributed by atoms with Crippen LogP contribution >= 0.6 is 0 Å². The molecule has 0 bridgehead atoms. The van der Waals surface area contributed by atoms with Crippen LogP contribution in [0, 0.1) is 18.6 Å². The van der Waals surface area contributed by atoms with Crippen molar-refractivity contribution in [3.05, 3.63) is 59.8 Å². The van der Waals surface area contributed by atoms with E-state index in [2.05, 4.69) is 25.0 Å². The van der Waals surface area contributed by atoms with E-state index in [4.69, 9.17) is 0 Å². The number of anilines is 1. The second-order valence-corrected chi connectivity index (χ2v) is 9.15. The van der Waals surface area contributed by atoms with Gasteiger partial charge in [0.25, 0.3) is 0 Å². The highest BCUT2D eigenvalue weighted by Crippen LogP contribution is 2.43. The average Bonchev–Trinajstić information content (AvgIpc) is 3.31. The first-order valence-electron chi connectivity index (χ1n) is 10.6. The van der Waals surface area contributed by atoms with Gasteiger partial charge in [0, 0.05) is 36.3 Å². The Morgan fingerprint density at radius 1 is 1.12 bits per heavy atom. The summed E-state index contributed by atoms with van der Waals surface area (Å²) < 4.78 is 35.3. The lowest BCUT2D eigenvalue weighted by Gasteiger charge is -2.34. The highest BCUT2D eigenvalue weighted by molar-refractivity contribution is 5.97. The molecular formula is C24H26F2N6. The lowest BCUT2D eigenvalue weighted by atomic mass is 9.95. The molecular weight excluding hydrogens is 410 g/mol. The molecule has 32 heavy (non-hydrogen) atoms. The number of likely N-dealkylation sites (N-methyl/N-ethyl adjacent to an activating group) is 1. The maximum absolute atomic E-state index is 16.1. The summed E-state index contributed by atoms with van der Waals surface area (Å²) in [4.78, 5) is 2.10. The van der Waals surface area contributed by atoms with Crippen LogP contribution in [0.15, 0.2) is 36.5 Å². The lowest BCUT2D eigenvalue weighted by Crippen LogP contribution is -2.36. The predicted octanol–water partition coefficient (Wildman–Crippen LogP) is 4.70. The van der Waals surface area contributed by atoms with Crippen LogP contribution < -0.4 is 5.32 Å². The van der Waals surface area contributed by atoms with Crippen LogP contribution in [-0.4, -0.2) is 44.9 Å². The van der Waals surface area contributed by atoms with Crippen LogP contribution in [0.4, 0.5) is 14.5 Å². The van der Waals surface area contributed by atoms with Gasteiger partial charge in [-0.15, -0.1) is 10.2 Å².